The zero-order valence-corrected chi connectivity index (χ0v) is 12.5. The average molecular weight is 301 g/mol. The number of aliphatic hydroxyl groups excluding tert-OH is 1. The van der Waals surface area contributed by atoms with Crippen LogP contribution in [0, 0.1) is 11.2 Å². The van der Waals surface area contributed by atoms with Crippen LogP contribution in [-0.4, -0.2) is 19.6 Å². The molecule has 0 radical (unpaired) electrons. The van der Waals surface area contributed by atoms with Crippen molar-refractivity contribution in [1.82, 2.24) is 4.72 Å². The first kappa shape index (κ1) is 15.4. The second kappa shape index (κ2) is 5.42. The molecule has 2 N–H and O–H groups in total. The molecule has 0 aromatic heterocycles. The standard InChI is InChI=1S/C14H20FNO3S/c1-14(2)6-5-12(8-14)16-20(18,19)13-7-11(15)4-3-10(13)9-17/h3-4,7,12,16-17H,5-6,8-9H2,1-2H3. The molecule has 20 heavy (non-hydrogen) atoms. The highest BCUT2D eigenvalue weighted by molar-refractivity contribution is 7.89. The van der Waals surface area contributed by atoms with Crippen molar-refractivity contribution < 1.29 is 17.9 Å². The molecule has 4 nitrogen and oxygen atoms in total. The first-order valence-electron chi connectivity index (χ1n) is 6.65. The summed E-state index contributed by atoms with van der Waals surface area (Å²) in [5.74, 6) is -0.630. The maximum Gasteiger partial charge on any atom is 0.241 e. The van der Waals surface area contributed by atoms with Gasteiger partial charge in [0.2, 0.25) is 10.0 Å². The molecule has 1 unspecified atom stereocenters. The van der Waals surface area contributed by atoms with Gasteiger partial charge in [0.1, 0.15) is 5.82 Å². The maximum absolute atomic E-state index is 13.3. The maximum atomic E-state index is 13.3. The van der Waals surface area contributed by atoms with E-state index >= 15 is 0 Å². The molecule has 1 fully saturated rings. The molecule has 0 spiro atoms. The smallest absolute Gasteiger partial charge is 0.241 e. The minimum absolute atomic E-state index is 0.120. The van der Waals surface area contributed by atoms with Gasteiger partial charge in [-0.05, 0) is 42.4 Å². The summed E-state index contributed by atoms with van der Waals surface area (Å²) in [6.45, 7) is 3.76. The summed E-state index contributed by atoms with van der Waals surface area (Å²) >= 11 is 0. The van der Waals surface area contributed by atoms with Gasteiger partial charge in [0.25, 0.3) is 0 Å². The third-order valence-corrected chi connectivity index (χ3v) is 5.38. The van der Waals surface area contributed by atoms with E-state index in [2.05, 4.69) is 18.6 Å². The Hall–Kier alpha value is -0.980. The average Bonchev–Trinajstić information content (AvgIpc) is 2.68. The normalized spacial score (nSPS) is 22.1. The fraction of sp³-hybridized carbons (Fsp3) is 0.571. The van der Waals surface area contributed by atoms with Crippen molar-refractivity contribution in [1.29, 1.82) is 0 Å². The highest BCUT2D eigenvalue weighted by atomic mass is 32.2. The summed E-state index contributed by atoms with van der Waals surface area (Å²) < 4.78 is 40.6. The summed E-state index contributed by atoms with van der Waals surface area (Å²) in [5.41, 5.74) is 0.325. The van der Waals surface area contributed by atoms with Crippen LogP contribution in [-0.2, 0) is 16.6 Å². The molecule has 6 heteroatoms. The van der Waals surface area contributed by atoms with Gasteiger partial charge < -0.3 is 5.11 Å². The summed E-state index contributed by atoms with van der Waals surface area (Å²) in [4.78, 5) is -0.176. The number of hydrogen-bond donors (Lipinski definition) is 2. The van der Waals surface area contributed by atoms with Gasteiger partial charge in [-0.3, -0.25) is 0 Å². The number of hydrogen-bond acceptors (Lipinski definition) is 3. The molecular weight excluding hydrogens is 281 g/mol. The molecule has 1 atom stereocenters. The van der Waals surface area contributed by atoms with E-state index in [1.807, 2.05) is 0 Å². The van der Waals surface area contributed by atoms with Crippen LogP contribution in [0.15, 0.2) is 23.1 Å². The van der Waals surface area contributed by atoms with Crippen LogP contribution in [0.5, 0.6) is 0 Å². The molecular formula is C14H20FNO3S. The summed E-state index contributed by atoms with van der Waals surface area (Å²) in [7, 11) is -3.81. The second-order valence-electron chi connectivity index (χ2n) is 6.14. The zero-order valence-electron chi connectivity index (χ0n) is 11.7. The fourth-order valence-corrected chi connectivity index (χ4v) is 4.24. The number of rotatable bonds is 4. The summed E-state index contributed by atoms with van der Waals surface area (Å²) in [6, 6.07) is 3.25. The third kappa shape index (κ3) is 3.37. The lowest BCUT2D eigenvalue weighted by molar-refractivity contribution is 0.278. The number of nitrogens with one attached hydrogen (secondary N) is 1. The largest absolute Gasteiger partial charge is 0.392 e. The first-order valence-corrected chi connectivity index (χ1v) is 8.13. The lowest BCUT2D eigenvalue weighted by atomic mass is 9.92. The van der Waals surface area contributed by atoms with Gasteiger partial charge in [-0.25, -0.2) is 17.5 Å². The van der Waals surface area contributed by atoms with Crippen molar-refractivity contribution in [3.8, 4) is 0 Å². The van der Waals surface area contributed by atoms with E-state index in [1.165, 1.54) is 6.07 Å². The van der Waals surface area contributed by atoms with Gasteiger partial charge in [-0.2, -0.15) is 0 Å². The van der Waals surface area contributed by atoms with E-state index in [-0.39, 0.29) is 21.9 Å². The van der Waals surface area contributed by atoms with Crippen LogP contribution in [0.25, 0.3) is 0 Å². The van der Waals surface area contributed by atoms with Crippen molar-refractivity contribution in [3.05, 3.63) is 29.6 Å². The second-order valence-corrected chi connectivity index (χ2v) is 7.82. The first-order chi connectivity index (χ1) is 9.23. The lowest BCUT2D eigenvalue weighted by Gasteiger charge is -2.18. The van der Waals surface area contributed by atoms with Crippen LogP contribution >= 0.6 is 0 Å². The number of halogens is 1. The number of aliphatic hydroxyl groups is 1. The molecule has 1 aliphatic rings. The summed E-state index contributed by atoms with van der Waals surface area (Å²) in [5, 5.41) is 9.20. The Balaban J connectivity index is 2.25. The Labute approximate surface area is 119 Å². The van der Waals surface area contributed by atoms with Crippen molar-refractivity contribution in [2.45, 2.75) is 50.7 Å². The predicted molar refractivity (Wildman–Crippen MR) is 74.1 cm³/mol. The lowest BCUT2D eigenvalue weighted by Crippen LogP contribution is -2.34. The number of sulfonamides is 1. The zero-order chi connectivity index (χ0) is 15.0. The van der Waals surface area contributed by atoms with E-state index in [0.717, 1.165) is 31.4 Å². The van der Waals surface area contributed by atoms with E-state index in [4.69, 9.17) is 0 Å². The van der Waals surface area contributed by atoms with Crippen molar-refractivity contribution >= 4 is 10.0 Å². The van der Waals surface area contributed by atoms with Crippen LogP contribution in [0.4, 0.5) is 4.39 Å². The monoisotopic (exact) mass is 301 g/mol. The van der Waals surface area contributed by atoms with E-state index in [1.54, 1.807) is 0 Å². The molecule has 1 aromatic rings. The molecule has 112 valence electrons. The van der Waals surface area contributed by atoms with E-state index < -0.39 is 22.4 Å². The molecule has 1 saturated carbocycles. The Bertz CT molecular complexity index is 598. The highest BCUT2D eigenvalue weighted by Crippen LogP contribution is 2.37. The minimum Gasteiger partial charge on any atom is -0.392 e. The Morgan fingerprint density at radius 3 is 2.70 bits per heavy atom. The van der Waals surface area contributed by atoms with Gasteiger partial charge in [0, 0.05) is 6.04 Å². The molecule has 0 heterocycles. The Morgan fingerprint density at radius 1 is 1.45 bits per heavy atom. The van der Waals surface area contributed by atoms with E-state index in [0.29, 0.717) is 0 Å². The van der Waals surface area contributed by atoms with Gasteiger partial charge >= 0.3 is 0 Å². The highest BCUT2D eigenvalue weighted by Gasteiger charge is 2.34. The molecule has 0 aliphatic heterocycles. The fourth-order valence-electron chi connectivity index (χ4n) is 2.73. The molecule has 2 rings (SSSR count). The van der Waals surface area contributed by atoms with Gasteiger partial charge in [-0.15, -0.1) is 0 Å². The van der Waals surface area contributed by atoms with Crippen LogP contribution in [0.2, 0.25) is 0 Å². The Morgan fingerprint density at radius 2 is 2.15 bits per heavy atom. The Kier molecular flexibility index (Phi) is 4.18. The summed E-state index contributed by atoms with van der Waals surface area (Å²) in [6.07, 6.45) is 2.49. The van der Waals surface area contributed by atoms with Crippen LogP contribution in [0.1, 0.15) is 38.7 Å². The molecule has 0 bridgehead atoms. The van der Waals surface area contributed by atoms with Gasteiger partial charge in [-0.1, -0.05) is 19.9 Å². The van der Waals surface area contributed by atoms with E-state index in [9.17, 15) is 17.9 Å². The molecule has 1 aromatic carbocycles. The SMILES string of the molecule is CC1(C)CCC(NS(=O)(=O)c2cc(F)ccc2CO)C1. The van der Waals surface area contributed by atoms with Crippen LogP contribution < -0.4 is 4.72 Å². The topological polar surface area (TPSA) is 66.4 Å². The minimum atomic E-state index is -3.81. The molecule has 0 amide bonds. The van der Waals surface area contributed by atoms with Crippen molar-refractivity contribution in [2.24, 2.45) is 5.41 Å². The predicted octanol–water partition coefficient (Wildman–Crippen LogP) is 2.17. The third-order valence-electron chi connectivity index (χ3n) is 3.78. The number of benzene rings is 1. The van der Waals surface area contributed by atoms with Crippen molar-refractivity contribution in [2.75, 3.05) is 0 Å². The molecule has 1 aliphatic carbocycles. The van der Waals surface area contributed by atoms with Crippen LogP contribution in [0.3, 0.4) is 0 Å². The quantitative estimate of drug-likeness (QED) is 0.895. The van der Waals surface area contributed by atoms with Gasteiger partial charge in [0.05, 0.1) is 11.5 Å². The van der Waals surface area contributed by atoms with Gasteiger partial charge in [0.15, 0.2) is 0 Å². The molecule has 0 saturated heterocycles. The van der Waals surface area contributed by atoms with Crippen molar-refractivity contribution in [3.63, 3.8) is 0 Å².